The van der Waals surface area contributed by atoms with Gasteiger partial charge < -0.3 is 15.1 Å². The number of nitrogens with zero attached hydrogens (tertiary/aromatic N) is 3. The fourth-order valence-corrected chi connectivity index (χ4v) is 2.93. The molecule has 0 aromatic carbocycles. The predicted molar refractivity (Wildman–Crippen MR) is 83.4 cm³/mol. The van der Waals surface area contributed by atoms with Gasteiger partial charge in [-0.3, -0.25) is 4.79 Å². The minimum Gasteiger partial charge on any atom is -0.370 e. The summed E-state index contributed by atoms with van der Waals surface area (Å²) in [6.45, 7) is 3.44. The first-order valence-corrected chi connectivity index (χ1v) is 7.79. The average molecular weight is 288 g/mol. The molecule has 5 heteroatoms. The maximum absolute atomic E-state index is 11.8. The van der Waals surface area contributed by atoms with Gasteiger partial charge in [-0.2, -0.15) is 0 Å². The van der Waals surface area contributed by atoms with E-state index in [4.69, 9.17) is 0 Å². The van der Waals surface area contributed by atoms with Gasteiger partial charge in [0.05, 0.1) is 5.56 Å². The van der Waals surface area contributed by atoms with Gasteiger partial charge in [-0.25, -0.2) is 4.98 Å². The Bertz CT molecular complexity index is 496. The Morgan fingerprint density at radius 3 is 2.81 bits per heavy atom. The molecule has 1 aromatic heterocycles. The smallest absolute Gasteiger partial charge is 0.254 e. The second kappa shape index (κ2) is 6.02. The summed E-state index contributed by atoms with van der Waals surface area (Å²) >= 11 is 0. The van der Waals surface area contributed by atoms with Crippen molar-refractivity contribution in [2.75, 3.05) is 39.0 Å². The SMILES string of the molecule is CN(C)C(=O)c1ccc(NCC2CCN(C3CC3)C2)nc1. The quantitative estimate of drug-likeness (QED) is 0.895. The van der Waals surface area contributed by atoms with Crippen molar-refractivity contribution in [1.29, 1.82) is 0 Å². The van der Waals surface area contributed by atoms with E-state index in [9.17, 15) is 4.79 Å². The summed E-state index contributed by atoms with van der Waals surface area (Å²) in [6.07, 6.45) is 5.71. The molecule has 1 atom stereocenters. The molecule has 0 spiro atoms. The van der Waals surface area contributed by atoms with Crippen LogP contribution >= 0.6 is 0 Å². The summed E-state index contributed by atoms with van der Waals surface area (Å²) in [4.78, 5) is 20.3. The fourth-order valence-electron chi connectivity index (χ4n) is 2.93. The zero-order valence-electron chi connectivity index (χ0n) is 12.9. The Hall–Kier alpha value is -1.62. The van der Waals surface area contributed by atoms with Crippen molar-refractivity contribution in [3.63, 3.8) is 0 Å². The van der Waals surface area contributed by atoms with Crippen LogP contribution in [-0.4, -0.2) is 60.5 Å². The normalized spacial score (nSPS) is 22.3. The van der Waals surface area contributed by atoms with Crippen molar-refractivity contribution in [2.45, 2.75) is 25.3 Å². The highest BCUT2D eigenvalue weighted by atomic mass is 16.2. The van der Waals surface area contributed by atoms with E-state index < -0.39 is 0 Å². The van der Waals surface area contributed by atoms with Crippen LogP contribution in [0, 0.1) is 5.92 Å². The van der Waals surface area contributed by atoms with Gasteiger partial charge in [0.15, 0.2) is 0 Å². The molecule has 1 aliphatic heterocycles. The molecule has 5 nitrogen and oxygen atoms in total. The number of hydrogen-bond donors (Lipinski definition) is 1. The van der Waals surface area contributed by atoms with Crippen LogP contribution in [0.2, 0.25) is 0 Å². The molecule has 2 heterocycles. The van der Waals surface area contributed by atoms with Crippen LogP contribution in [-0.2, 0) is 0 Å². The highest BCUT2D eigenvalue weighted by Gasteiger charge is 2.34. The van der Waals surface area contributed by atoms with Gasteiger partial charge in [-0.15, -0.1) is 0 Å². The first-order chi connectivity index (χ1) is 10.1. The number of rotatable bonds is 5. The van der Waals surface area contributed by atoms with Gasteiger partial charge in [0.2, 0.25) is 0 Å². The van der Waals surface area contributed by atoms with Gasteiger partial charge >= 0.3 is 0 Å². The molecule has 1 amide bonds. The number of hydrogen-bond acceptors (Lipinski definition) is 4. The van der Waals surface area contributed by atoms with Crippen LogP contribution < -0.4 is 5.32 Å². The summed E-state index contributed by atoms with van der Waals surface area (Å²) in [5.74, 6) is 1.57. The van der Waals surface area contributed by atoms with E-state index in [-0.39, 0.29) is 5.91 Å². The standard InChI is InChI=1S/C16H24N4O/c1-19(2)16(21)13-3-6-15(18-10-13)17-9-12-7-8-20(11-12)14-4-5-14/h3,6,10,12,14H,4-5,7-9,11H2,1-2H3,(H,17,18). The number of pyridine rings is 1. The molecule has 1 saturated heterocycles. The topological polar surface area (TPSA) is 48.5 Å². The molecule has 2 aliphatic rings. The molecule has 114 valence electrons. The fraction of sp³-hybridized carbons (Fsp3) is 0.625. The average Bonchev–Trinajstić information content (AvgIpc) is 3.24. The van der Waals surface area contributed by atoms with Crippen LogP contribution in [0.15, 0.2) is 18.3 Å². The third-order valence-corrected chi connectivity index (χ3v) is 4.37. The number of anilines is 1. The largest absolute Gasteiger partial charge is 0.370 e. The number of amides is 1. The van der Waals surface area contributed by atoms with Crippen molar-refractivity contribution in [3.8, 4) is 0 Å². The molecule has 1 aliphatic carbocycles. The lowest BCUT2D eigenvalue weighted by molar-refractivity contribution is 0.0827. The molecule has 1 N–H and O–H groups in total. The van der Waals surface area contributed by atoms with Crippen molar-refractivity contribution in [2.24, 2.45) is 5.92 Å². The number of carbonyl (C=O) groups excluding carboxylic acids is 1. The highest BCUT2D eigenvalue weighted by molar-refractivity contribution is 5.93. The van der Waals surface area contributed by atoms with Crippen molar-refractivity contribution >= 4 is 11.7 Å². The summed E-state index contributed by atoms with van der Waals surface area (Å²) in [5, 5.41) is 3.40. The zero-order valence-corrected chi connectivity index (χ0v) is 12.9. The number of aromatic nitrogens is 1. The minimum atomic E-state index is -0.00934. The van der Waals surface area contributed by atoms with Gasteiger partial charge in [0, 0.05) is 39.4 Å². The number of nitrogens with one attached hydrogen (secondary N) is 1. The molecule has 3 rings (SSSR count). The van der Waals surface area contributed by atoms with E-state index in [0.717, 1.165) is 24.3 Å². The minimum absolute atomic E-state index is 0.00934. The molecule has 1 saturated carbocycles. The third-order valence-electron chi connectivity index (χ3n) is 4.37. The monoisotopic (exact) mass is 288 g/mol. The van der Waals surface area contributed by atoms with E-state index in [1.54, 1.807) is 25.2 Å². The Morgan fingerprint density at radius 1 is 1.38 bits per heavy atom. The van der Waals surface area contributed by atoms with Crippen molar-refractivity contribution in [1.82, 2.24) is 14.8 Å². The van der Waals surface area contributed by atoms with E-state index in [1.807, 2.05) is 12.1 Å². The Kier molecular flexibility index (Phi) is 4.10. The third kappa shape index (κ3) is 3.53. The van der Waals surface area contributed by atoms with E-state index in [1.165, 1.54) is 32.4 Å². The lowest BCUT2D eigenvalue weighted by Crippen LogP contribution is -2.25. The van der Waals surface area contributed by atoms with Gasteiger partial charge in [-0.1, -0.05) is 0 Å². The van der Waals surface area contributed by atoms with Gasteiger partial charge in [0.25, 0.3) is 5.91 Å². The summed E-state index contributed by atoms with van der Waals surface area (Å²) in [6, 6.07) is 4.61. The molecule has 21 heavy (non-hydrogen) atoms. The van der Waals surface area contributed by atoms with Crippen molar-refractivity contribution < 1.29 is 4.79 Å². The molecule has 1 unspecified atom stereocenters. The van der Waals surface area contributed by atoms with Crippen molar-refractivity contribution in [3.05, 3.63) is 23.9 Å². The summed E-state index contributed by atoms with van der Waals surface area (Å²) in [5.41, 5.74) is 0.631. The van der Waals surface area contributed by atoms with Crippen LogP contribution in [0.4, 0.5) is 5.82 Å². The predicted octanol–water partition coefficient (Wildman–Crippen LogP) is 1.68. The van der Waals surface area contributed by atoms with Crippen LogP contribution in [0.1, 0.15) is 29.6 Å². The Labute approximate surface area is 126 Å². The molecule has 0 bridgehead atoms. The number of carbonyl (C=O) groups is 1. The van der Waals surface area contributed by atoms with Crippen LogP contribution in [0.25, 0.3) is 0 Å². The van der Waals surface area contributed by atoms with Gasteiger partial charge in [0.1, 0.15) is 5.82 Å². The molecule has 0 radical (unpaired) electrons. The zero-order chi connectivity index (χ0) is 14.8. The molecule has 2 fully saturated rings. The highest BCUT2D eigenvalue weighted by Crippen LogP contribution is 2.31. The van der Waals surface area contributed by atoms with E-state index >= 15 is 0 Å². The first-order valence-electron chi connectivity index (χ1n) is 7.79. The second-order valence-corrected chi connectivity index (χ2v) is 6.39. The lowest BCUT2D eigenvalue weighted by atomic mass is 10.1. The van der Waals surface area contributed by atoms with E-state index in [2.05, 4.69) is 15.2 Å². The van der Waals surface area contributed by atoms with Crippen LogP contribution in [0.3, 0.4) is 0 Å². The molecular formula is C16H24N4O. The first kappa shape index (κ1) is 14.3. The number of likely N-dealkylation sites (tertiary alicyclic amines) is 1. The maximum Gasteiger partial charge on any atom is 0.254 e. The molecular weight excluding hydrogens is 264 g/mol. The van der Waals surface area contributed by atoms with E-state index in [0.29, 0.717) is 5.56 Å². The van der Waals surface area contributed by atoms with Crippen LogP contribution in [0.5, 0.6) is 0 Å². The summed E-state index contributed by atoms with van der Waals surface area (Å²) < 4.78 is 0. The lowest BCUT2D eigenvalue weighted by Gasteiger charge is -2.15. The summed E-state index contributed by atoms with van der Waals surface area (Å²) in [7, 11) is 3.50. The molecule has 1 aromatic rings. The Balaban J connectivity index is 1.48. The van der Waals surface area contributed by atoms with Gasteiger partial charge in [-0.05, 0) is 43.9 Å². The Morgan fingerprint density at radius 2 is 2.19 bits per heavy atom. The maximum atomic E-state index is 11.8. The second-order valence-electron chi connectivity index (χ2n) is 6.39.